The Bertz CT molecular complexity index is 914. The van der Waals surface area contributed by atoms with Crippen LogP contribution in [0.5, 0.6) is 0 Å². The number of likely N-dealkylation sites (tertiary alicyclic amines) is 1. The molecule has 32 heavy (non-hydrogen) atoms. The summed E-state index contributed by atoms with van der Waals surface area (Å²) in [5.74, 6) is -0.0804. The number of piperazine rings is 1. The number of piperidine rings is 1. The molecule has 3 aliphatic heterocycles. The molecule has 0 bridgehead atoms. The van der Waals surface area contributed by atoms with E-state index in [4.69, 9.17) is 4.74 Å². The maximum absolute atomic E-state index is 13.2. The third-order valence-corrected chi connectivity index (χ3v) is 9.56. The van der Waals surface area contributed by atoms with Gasteiger partial charge < -0.3 is 14.5 Å². The molecule has 1 atom stereocenters. The smallest absolute Gasteiger partial charge is 0.265 e. The molecule has 3 fully saturated rings. The van der Waals surface area contributed by atoms with Crippen LogP contribution in [0.15, 0.2) is 16.3 Å². The quantitative estimate of drug-likeness (QED) is 0.618. The SMILES string of the molecule is CC(C(=O)N1CCCCC1)N1CCN(C(=O)c2sccc2S(=O)(=O)N2CCOCC2)CC1. The summed E-state index contributed by atoms with van der Waals surface area (Å²) in [5, 5.41) is 1.66. The highest BCUT2D eigenvalue weighted by Crippen LogP contribution is 2.28. The molecule has 1 unspecified atom stereocenters. The zero-order valence-electron chi connectivity index (χ0n) is 18.6. The molecular weight excluding hydrogens is 452 g/mol. The van der Waals surface area contributed by atoms with E-state index in [1.807, 2.05) is 11.8 Å². The van der Waals surface area contributed by atoms with Crippen molar-refractivity contribution in [2.45, 2.75) is 37.1 Å². The Labute approximate surface area is 193 Å². The third-order valence-electron chi connectivity index (χ3n) is 6.59. The van der Waals surface area contributed by atoms with Crippen molar-refractivity contribution < 1.29 is 22.7 Å². The Morgan fingerprint density at radius 1 is 0.938 bits per heavy atom. The zero-order chi connectivity index (χ0) is 22.7. The average Bonchev–Trinajstić information content (AvgIpc) is 3.35. The molecule has 9 nitrogen and oxygen atoms in total. The molecule has 0 N–H and O–H groups in total. The van der Waals surface area contributed by atoms with E-state index in [9.17, 15) is 18.0 Å². The summed E-state index contributed by atoms with van der Waals surface area (Å²) in [6.07, 6.45) is 3.32. The van der Waals surface area contributed by atoms with Crippen LogP contribution in [0.1, 0.15) is 35.9 Å². The second-order valence-electron chi connectivity index (χ2n) is 8.52. The Morgan fingerprint density at radius 2 is 1.59 bits per heavy atom. The molecule has 3 aliphatic rings. The summed E-state index contributed by atoms with van der Waals surface area (Å²) in [5.41, 5.74) is 0. The van der Waals surface area contributed by atoms with Crippen LogP contribution in [0.25, 0.3) is 0 Å². The molecule has 0 aromatic carbocycles. The Kier molecular flexibility index (Phi) is 7.51. The lowest BCUT2D eigenvalue weighted by atomic mass is 10.1. The van der Waals surface area contributed by atoms with E-state index >= 15 is 0 Å². The molecule has 4 heterocycles. The molecule has 0 spiro atoms. The number of carbonyl (C=O) groups excluding carboxylic acids is 2. The van der Waals surface area contributed by atoms with Crippen LogP contribution < -0.4 is 0 Å². The molecule has 1 aromatic heterocycles. The minimum Gasteiger partial charge on any atom is -0.379 e. The van der Waals surface area contributed by atoms with Crippen molar-refractivity contribution in [3.63, 3.8) is 0 Å². The summed E-state index contributed by atoms with van der Waals surface area (Å²) in [6, 6.07) is 1.32. The summed E-state index contributed by atoms with van der Waals surface area (Å²) in [4.78, 5) is 32.2. The predicted molar refractivity (Wildman–Crippen MR) is 121 cm³/mol. The molecule has 0 saturated carbocycles. The third kappa shape index (κ3) is 4.86. The van der Waals surface area contributed by atoms with Crippen LogP contribution >= 0.6 is 11.3 Å². The minimum atomic E-state index is -3.73. The first-order valence-corrected chi connectivity index (χ1v) is 13.7. The molecule has 0 aliphatic carbocycles. The first-order valence-electron chi connectivity index (χ1n) is 11.4. The molecule has 4 rings (SSSR count). The fraction of sp³-hybridized carbons (Fsp3) is 0.714. The number of thiophene rings is 1. The number of amides is 2. The van der Waals surface area contributed by atoms with Gasteiger partial charge in [-0.15, -0.1) is 11.3 Å². The van der Waals surface area contributed by atoms with Gasteiger partial charge in [-0.05, 0) is 37.6 Å². The van der Waals surface area contributed by atoms with Gasteiger partial charge in [0.25, 0.3) is 5.91 Å². The number of morpholine rings is 1. The van der Waals surface area contributed by atoms with Crippen molar-refractivity contribution in [2.24, 2.45) is 0 Å². The van der Waals surface area contributed by atoms with Gasteiger partial charge in [-0.25, -0.2) is 8.42 Å². The second-order valence-corrected chi connectivity index (χ2v) is 11.3. The van der Waals surface area contributed by atoms with E-state index in [0.717, 1.165) is 25.9 Å². The minimum absolute atomic E-state index is 0.0884. The van der Waals surface area contributed by atoms with Crippen molar-refractivity contribution in [2.75, 3.05) is 65.6 Å². The van der Waals surface area contributed by atoms with E-state index < -0.39 is 10.0 Å². The lowest BCUT2D eigenvalue weighted by molar-refractivity contribution is -0.137. The summed E-state index contributed by atoms with van der Waals surface area (Å²) < 4.78 is 32.8. The van der Waals surface area contributed by atoms with Crippen molar-refractivity contribution in [3.05, 3.63) is 16.3 Å². The molecule has 1 aromatic rings. The maximum atomic E-state index is 13.2. The second kappa shape index (κ2) is 10.2. The van der Waals surface area contributed by atoms with Gasteiger partial charge in [0.1, 0.15) is 9.77 Å². The van der Waals surface area contributed by atoms with Crippen LogP contribution in [0.4, 0.5) is 0 Å². The normalized spacial score (nSPS) is 22.7. The van der Waals surface area contributed by atoms with Gasteiger partial charge in [0.05, 0.1) is 19.3 Å². The van der Waals surface area contributed by atoms with Crippen molar-refractivity contribution >= 4 is 33.2 Å². The predicted octanol–water partition coefficient (Wildman–Crippen LogP) is 0.928. The van der Waals surface area contributed by atoms with E-state index in [0.29, 0.717) is 52.5 Å². The number of sulfonamides is 1. The Morgan fingerprint density at radius 3 is 2.25 bits per heavy atom. The number of hydrogen-bond donors (Lipinski definition) is 0. The first-order chi connectivity index (χ1) is 15.4. The molecule has 178 valence electrons. The molecule has 3 saturated heterocycles. The summed E-state index contributed by atoms with van der Waals surface area (Å²) in [6.45, 7) is 7.10. The van der Waals surface area contributed by atoms with Crippen LogP contribution in [0.3, 0.4) is 0 Å². The lowest BCUT2D eigenvalue weighted by Crippen LogP contribution is -2.56. The van der Waals surface area contributed by atoms with Crippen LogP contribution in [-0.2, 0) is 19.6 Å². The van der Waals surface area contributed by atoms with Gasteiger partial charge in [0, 0.05) is 52.4 Å². The molecule has 2 amide bonds. The number of rotatable bonds is 5. The monoisotopic (exact) mass is 484 g/mol. The molecule has 11 heteroatoms. The number of ether oxygens (including phenoxy) is 1. The summed E-state index contributed by atoms with van der Waals surface area (Å²) >= 11 is 1.17. The van der Waals surface area contributed by atoms with Gasteiger partial charge in [0.2, 0.25) is 15.9 Å². The van der Waals surface area contributed by atoms with Gasteiger partial charge in [-0.2, -0.15) is 4.31 Å². The highest BCUT2D eigenvalue weighted by Gasteiger charge is 2.35. The van der Waals surface area contributed by atoms with Gasteiger partial charge in [0.15, 0.2) is 0 Å². The van der Waals surface area contributed by atoms with Gasteiger partial charge >= 0.3 is 0 Å². The Hall–Kier alpha value is -1.53. The van der Waals surface area contributed by atoms with Crippen molar-refractivity contribution in [3.8, 4) is 0 Å². The van der Waals surface area contributed by atoms with Crippen LogP contribution in [0, 0.1) is 0 Å². The van der Waals surface area contributed by atoms with Crippen LogP contribution in [-0.4, -0.2) is 111 Å². The maximum Gasteiger partial charge on any atom is 0.265 e. The fourth-order valence-corrected chi connectivity index (χ4v) is 7.34. The van der Waals surface area contributed by atoms with Gasteiger partial charge in [-0.1, -0.05) is 0 Å². The molecular formula is C21H32N4O5S2. The standard InChI is InChI=1S/C21H32N4O5S2/c1-17(20(26)23-6-3-2-4-7-23)22-8-10-24(11-9-22)21(27)19-18(5-16-31-19)32(28,29)25-12-14-30-15-13-25/h5,16-17H,2-4,6-15H2,1H3. The van der Waals surface area contributed by atoms with E-state index in [-0.39, 0.29) is 27.6 Å². The van der Waals surface area contributed by atoms with E-state index in [1.54, 1.807) is 10.3 Å². The van der Waals surface area contributed by atoms with Gasteiger partial charge in [-0.3, -0.25) is 14.5 Å². The van der Waals surface area contributed by atoms with E-state index in [1.165, 1.54) is 28.1 Å². The zero-order valence-corrected chi connectivity index (χ0v) is 20.2. The number of nitrogens with zero attached hydrogens (tertiary/aromatic N) is 4. The summed E-state index contributed by atoms with van der Waals surface area (Å²) in [7, 11) is -3.73. The average molecular weight is 485 g/mol. The van der Waals surface area contributed by atoms with Crippen LogP contribution in [0.2, 0.25) is 0 Å². The van der Waals surface area contributed by atoms with Crippen molar-refractivity contribution in [1.82, 2.24) is 19.0 Å². The lowest BCUT2D eigenvalue weighted by Gasteiger charge is -2.39. The highest BCUT2D eigenvalue weighted by atomic mass is 32.2. The molecule has 0 radical (unpaired) electrons. The first kappa shape index (κ1) is 23.6. The largest absolute Gasteiger partial charge is 0.379 e. The topological polar surface area (TPSA) is 90.5 Å². The number of carbonyl (C=O) groups is 2. The fourth-order valence-electron chi connectivity index (χ4n) is 4.57. The highest BCUT2D eigenvalue weighted by molar-refractivity contribution is 7.89. The number of hydrogen-bond acceptors (Lipinski definition) is 7. The van der Waals surface area contributed by atoms with Crippen molar-refractivity contribution in [1.29, 1.82) is 0 Å². The Balaban J connectivity index is 1.38. The van der Waals surface area contributed by atoms with E-state index in [2.05, 4.69) is 4.90 Å².